The lowest BCUT2D eigenvalue weighted by atomic mass is 10.1. The van der Waals surface area contributed by atoms with Crippen molar-refractivity contribution in [1.82, 2.24) is 9.97 Å². The summed E-state index contributed by atoms with van der Waals surface area (Å²) in [6.07, 6.45) is 0.887. The minimum atomic E-state index is 0.536. The van der Waals surface area contributed by atoms with Crippen LogP contribution in [0.1, 0.15) is 11.3 Å². The van der Waals surface area contributed by atoms with Crippen LogP contribution < -0.4 is 24.8 Å². The van der Waals surface area contributed by atoms with Crippen molar-refractivity contribution in [2.24, 2.45) is 0 Å². The van der Waals surface area contributed by atoms with Gasteiger partial charge in [0, 0.05) is 30.1 Å². The van der Waals surface area contributed by atoms with E-state index in [-0.39, 0.29) is 0 Å². The van der Waals surface area contributed by atoms with Crippen molar-refractivity contribution in [3.05, 3.63) is 59.8 Å². The Bertz CT molecular complexity index is 976. The third-order valence-corrected chi connectivity index (χ3v) is 4.53. The molecule has 0 amide bonds. The molecule has 150 valence electrons. The molecular weight excluding hydrogens is 368 g/mol. The molecule has 7 heteroatoms. The first-order valence-corrected chi connectivity index (χ1v) is 9.59. The van der Waals surface area contributed by atoms with Gasteiger partial charge >= 0.3 is 0 Å². The van der Waals surface area contributed by atoms with Gasteiger partial charge in [0.25, 0.3) is 0 Å². The van der Waals surface area contributed by atoms with Crippen molar-refractivity contribution in [2.45, 2.75) is 13.3 Å². The highest BCUT2D eigenvalue weighted by atomic mass is 16.6. The van der Waals surface area contributed by atoms with E-state index in [1.54, 1.807) is 7.11 Å². The zero-order chi connectivity index (χ0) is 20.1. The molecule has 0 saturated carbocycles. The molecule has 29 heavy (non-hydrogen) atoms. The first-order valence-electron chi connectivity index (χ1n) is 9.59. The van der Waals surface area contributed by atoms with Gasteiger partial charge in [0.15, 0.2) is 11.5 Å². The topological polar surface area (TPSA) is 77.5 Å². The van der Waals surface area contributed by atoms with Crippen LogP contribution in [0, 0.1) is 6.92 Å². The van der Waals surface area contributed by atoms with Gasteiger partial charge in [-0.2, -0.15) is 4.98 Å². The predicted molar refractivity (Wildman–Crippen MR) is 113 cm³/mol. The summed E-state index contributed by atoms with van der Waals surface area (Å²) in [7, 11) is 1.67. The highest BCUT2D eigenvalue weighted by Crippen LogP contribution is 2.33. The van der Waals surface area contributed by atoms with E-state index in [1.165, 1.54) is 5.56 Å². The van der Waals surface area contributed by atoms with E-state index >= 15 is 0 Å². The summed E-state index contributed by atoms with van der Waals surface area (Å²) in [5.74, 6) is 3.67. The predicted octanol–water partition coefficient (Wildman–Crippen LogP) is 3.96. The SMILES string of the molecule is COc1ccc(CCNc2cc(C)nc(Nc3ccc4c(c3)OCCO4)n2)cc1. The van der Waals surface area contributed by atoms with E-state index in [4.69, 9.17) is 14.2 Å². The summed E-state index contributed by atoms with van der Waals surface area (Å²) >= 11 is 0. The summed E-state index contributed by atoms with van der Waals surface area (Å²) in [6.45, 7) is 3.85. The number of nitrogens with one attached hydrogen (secondary N) is 2. The smallest absolute Gasteiger partial charge is 0.229 e. The minimum Gasteiger partial charge on any atom is -0.497 e. The van der Waals surface area contributed by atoms with Gasteiger partial charge in [-0.25, -0.2) is 4.98 Å². The Morgan fingerprint density at radius 2 is 1.76 bits per heavy atom. The lowest BCUT2D eigenvalue weighted by molar-refractivity contribution is 0.171. The number of aryl methyl sites for hydroxylation is 1. The summed E-state index contributed by atoms with van der Waals surface area (Å²) in [6, 6.07) is 15.7. The van der Waals surface area contributed by atoms with Crippen LogP contribution in [0.3, 0.4) is 0 Å². The number of fused-ring (bicyclic) bond motifs is 1. The van der Waals surface area contributed by atoms with Crippen molar-refractivity contribution >= 4 is 17.5 Å². The third-order valence-electron chi connectivity index (χ3n) is 4.53. The largest absolute Gasteiger partial charge is 0.497 e. The molecule has 0 radical (unpaired) electrons. The van der Waals surface area contributed by atoms with E-state index < -0.39 is 0 Å². The minimum absolute atomic E-state index is 0.536. The van der Waals surface area contributed by atoms with E-state index in [9.17, 15) is 0 Å². The molecule has 1 aromatic heterocycles. The molecule has 0 unspecified atom stereocenters. The van der Waals surface area contributed by atoms with Gasteiger partial charge in [-0.15, -0.1) is 0 Å². The molecule has 4 rings (SSSR count). The first-order chi connectivity index (χ1) is 14.2. The van der Waals surface area contributed by atoms with E-state index in [0.29, 0.717) is 19.2 Å². The molecule has 0 saturated heterocycles. The lowest BCUT2D eigenvalue weighted by Crippen LogP contribution is -2.15. The van der Waals surface area contributed by atoms with Crippen LogP contribution in [0.4, 0.5) is 17.5 Å². The number of anilines is 3. The van der Waals surface area contributed by atoms with E-state index in [0.717, 1.165) is 47.4 Å². The van der Waals surface area contributed by atoms with Gasteiger partial charge in [0.2, 0.25) is 5.95 Å². The van der Waals surface area contributed by atoms with Gasteiger partial charge in [-0.1, -0.05) is 12.1 Å². The lowest BCUT2D eigenvalue weighted by Gasteiger charge is -2.19. The van der Waals surface area contributed by atoms with Crippen molar-refractivity contribution in [1.29, 1.82) is 0 Å². The van der Waals surface area contributed by atoms with Crippen LogP contribution >= 0.6 is 0 Å². The molecule has 0 bridgehead atoms. The Morgan fingerprint density at radius 1 is 0.966 bits per heavy atom. The van der Waals surface area contributed by atoms with Crippen LogP contribution in [0.2, 0.25) is 0 Å². The van der Waals surface area contributed by atoms with E-state index in [1.807, 2.05) is 43.3 Å². The molecule has 2 N–H and O–H groups in total. The second-order valence-corrected chi connectivity index (χ2v) is 6.73. The monoisotopic (exact) mass is 392 g/mol. The maximum absolute atomic E-state index is 5.63. The third kappa shape index (κ3) is 4.87. The van der Waals surface area contributed by atoms with Crippen LogP contribution in [-0.2, 0) is 6.42 Å². The maximum atomic E-state index is 5.63. The summed E-state index contributed by atoms with van der Waals surface area (Å²) in [4.78, 5) is 9.05. The molecule has 1 aliphatic heterocycles. The fourth-order valence-electron chi connectivity index (χ4n) is 3.09. The Balaban J connectivity index is 1.39. The normalized spacial score (nSPS) is 12.3. The van der Waals surface area contributed by atoms with Crippen LogP contribution in [0.15, 0.2) is 48.5 Å². The van der Waals surface area contributed by atoms with Gasteiger partial charge < -0.3 is 24.8 Å². The highest BCUT2D eigenvalue weighted by molar-refractivity contribution is 5.61. The molecule has 7 nitrogen and oxygen atoms in total. The van der Waals surface area contributed by atoms with Crippen LogP contribution in [-0.4, -0.2) is 36.8 Å². The second kappa shape index (κ2) is 8.68. The Hall–Kier alpha value is -3.48. The number of hydrogen-bond donors (Lipinski definition) is 2. The Labute approximate surface area is 170 Å². The molecule has 2 heterocycles. The number of rotatable bonds is 7. The number of aromatic nitrogens is 2. The highest BCUT2D eigenvalue weighted by Gasteiger charge is 2.12. The maximum Gasteiger partial charge on any atom is 0.229 e. The summed E-state index contributed by atoms with van der Waals surface area (Å²) < 4.78 is 16.4. The zero-order valence-corrected chi connectivity index (χ0v) is 16.6. The van der Waals surface area contributed by atoms with Crippen LogP contribution in [0.25, 0.3) is 0 Å². The standard InChI is InChI=1S/C22H24N4O3/c1-15-13-21(23-10-9-16-3-6-18(27-2)7-4-16)26-22(24-15)25-17-5-8-19-20(14-17)29-12-11-28-19/h3-8,13-14H,9-12H2,1-2H3,(H2,23,24,25,26). The summed E-state index contributed by atoms with van der Waals surface area (Å²) in [5, 5.41) is 6.62. The Kier molecular flexibility index (Phi) is 5.65. The van der Waals surface area contributed by atoms with Gasteiger partial charge in [-0.3, -0.25) is 0 Å². The number of methoxy groups -OCH3 is 1. The number of nitrogens with zero attached hydrogens (tertiary/aromatic N) is 2. The van der Waals surface area contributed by atoms with Gasteiger partial charge in [0.05, 0.1) is 7.11 Å². The second-order valence-electron chi connectivity index (χ2n) is 6.73. The number of ether oxygens (including phenoxy) is 3. The number of hydrogen-bond acceptors (Lipinski definition) is 7. The molecule has 3 aromatic rings. The van der Waals surface area contributed by atoms with E-state index in [2.05, 4.69) is 32.7 Å². The number of benzene rings is 2. The van der Waals surface area contributed by atoms with Crippen molar-refractivity contribution < 1.29 is 14.2 Å². The van der Waals surface area contributed by atoms with Crippen LogP contribution in [0.5, 0.6) is 17.2 Å². The molecule has 0 aliphatic carbocycles. The van der Waals surface area contributed by atoms with Crippen molar-refractivity contribution in [2.75, 3.05) is 37.5 Å². The zero-order valence-electron chi connectivity index (χ0n) is 16.6. The fourth-order valence-corrected chi connectivity index (χ4v) is 3.09. The van der Waals surface area contributed by atoms with Gasteiger partial charge in [0.1, 0.15) is 24.8 Å². The Morgan fingerprint density at radius 3 is 2.55 bits per heavy atom. The molecule has 0 fully saturated rings. The average Bonchev–Trinajstić information content (AvgIpc) is 2.74. The average molecular weight is 392 g/mol. The molecule has 2 aromatic carbocycles. The molecule has 1 aliphatic rings. The first kappa shape index (κ1) is 18.9. The quantitative estimate of drug-likeness (QED) is 0.630. The molecule has 0 atom stereocenters. The van der Waals surface area contributed by atoms with Crippen molar-refractivity contribution in [3.63, 3.8) is 0 Å². The summed E-state index contributed by atoms with van der Waals surface area (Å²) in [5.41, 5.74) is 2.97. The molecular formula is C22H24N4O3. The molecule has 0 spiro atoms. The fraction of sp³-hybridized carbons (Fsp3) is 0.273. The van der Waals surface area contributed by atoms with Crippen molar-refractivity contribution in [3.8, 4) is 17.2 Å². The van der Waals surface area contributed by atoms with Gasteiger partial charge in [-0.05, 0) is 43.2 Å².